The topological polar surface area (TPSA) is 43.4 Å². The third-order valence-corrected chi connectivity index (χ3v) is 7.48. The predicted octanol–water partition coefficient (Wildman–Crippen LogP) is 8.66. The van der Waals surface area contributed by atoms with Gasteiger partial charge in [-0.3, -0.25) is 9.59 Å². The first kappa shape index (κ1) is 25.3. The largest absolute Gasteiger partial charge is 0.452 e. The molecule has 1 atom stereocenters. The van der Waals surface area contributed by atoms with E-state index in [0.717, 1.165) is 38.2 Å². The molecule has 0 radical (unpaired) electrons. The van der Waals surface area contributed by atoms with Crippen molar-refractivity contribution in [2.24, 2.45) is 0 Å². The summed E-state index contributed by atoms with van der Waals surface area (Å²) in [7, 11) is 0. The highest BCUT2D eigenvalue weighted by atomic mass is 16.5. The fourth-order valence-corrected chi connectivity index (χ4v) is 5.31. The first-order valence-corrected chi connectivity index (χ1v) is 13.5. The Hall–Kier alpha value is -5.02. The van der Waals surface area contributed by atoms with Crippen LogP contribution in [-0.2, 0) is 9.53 Å². The second-order valence-corrected chi connectivity index (χ2v) is 10.00. The van der Waals surface area contributed by atoms with Crippen LogP contribution in [0.4, 0.5) is 0 Å². The minimum atomic E-state index is -0.610. The number of hydrogen-bond acceptors (Lipinski definition) is 3. The Morgan fingerprint density at radius 1 is 0.550 bits per heavy atom. The number of esters is 1. The number of fused-ring (bicyclic) bond motifs is 2. The number of carbonyl (C=O) groups is 2. The molecule has 3 nitrogen and oxygen atoms in total. The molecule has 6 rings (SSSR count). The van der Waals surface area contributed by atoms with Gasteiger partial charge in [-0.25, -0.2) is 0 Å². The summed E-state index contributed by atoms with van der Waals surface area (Å²) in [4.78, 5) is 26.9. The predicted molar refractivity (Wildman–Crippen MR) is 161 cm³/mol. The van der Waals surface area contributed by atoms with Crippen molar-refractivity contribution in [2.45, 2.75) is 18.9 Å². The molecule has 0 unspecified atom stereocenters. The van der Waals surface area contributed by atoms with Gasteiger partial charge in [-0.15, -0.1) is 0 Å². The lowest BCUT2D eigenvalue weighted by atomic mass is 9.92. The summed E-state index contributed by atoms with van der Waals surface area (Å²) in [6.07, 6.45) is -0.610. The number of carbonyl (C=O) groups excluding carboxylic acids is 2. The van der Waals surface area contributed by atoms with Crippen LogP contribution in [0.25, 0.3) is 21.5 Å². The van der Waals surface area contributed by atoms with Crippen LogP contribution < -0.4 is 0 Å². The molecule has 0 saturated carbocycles. The second-order valence-electron chi connectivity index (χ2n) is 10.00. The monoisotopic (exact) mass is 520 g/mol. The zero-order valence-corrected chi connectivity index (χ0v) is 22.2. The van der Waals surface area contributed by atoms with E-state index in [1.165, 1.54) is 0 Å². The minimum absolute atomic E-state index is 0.0765. The lowest BCUT2D eigenvalue weighted by Gasteiger charge is -2.24. The molecule has 40 heavy (non-hydrogen) atoms. The van der Waals surface area contributed by atoms with Crippen molar-refractivity contribution in [3.8, 4) is 0 Å². The van der Waals surface area contributed by atoms with Crippen LogP contribution >= 0.6 is 0 Å². The van der Waals surface area contributed by atoms with Crippen LogP contribution in [0.15, 0.2) is 140 Å². The number of rotatable bonds is 7. The van der Waals surface area contributed by atoms with E-state index in [1.54, 1.807) is 24.3 Å². The van der Waals surface area contributed by atoms with Crippen molar-refractivity contribution in [1.82, 2.24) is 0 Å². The molecule has 0 bridgehead atoms. The molecule has 0 aromatic heterocycles. The van der Waals surface area contributed by atoms with Crippen molar-refractivity contribution in [3.63, 3.8) is 0 Å². The molecular weight excluding hydrogens is 492 g/mol. The van der Waals surface area contributed by atoms with Crippen LogP contribution in [0.5, 0.6) is 0 Å². The highest BCUT2D eigenvalue weighted by molar-refractivity contribution is 6.09. The van der Waals surface area contributed by atoms with E-state index in [2.05, 4.69) is 36.4 Å². The summed E-state index contributed by atoms with van der Waals surface area (Å²) >= 11 is 0. The zero-order chi connectivity index (χ0) is 27.5. The van der Waals surface area contributed by atoms with Crippen LogP contribution in [-0.4, -0.2) is 11.8 Å². The fraction of sp³-hybridized carbons (Fsp3) is 0.0811. The Morgan fingerprint density at radius 3 is 1.68 bits per heavy atom. The lowest BCUT2D eigenvalue weighted by Crippen LogP contribution is -2.19. The molecule has 0 N–H and O–H groups in total. The van der Waals surface area contributed by atoms with Crippen molar-refractivity contribution in [1.29, 1.82) is 0 Å². The van der Waals surface area contributed by atoms with Gasteiger partial charge in [-0.2, -0.15) is 0 Å². The van der Waals surface area contributed by atoms with E-state index in [1.807, 2.05) is 85.8 Å². The number of ketones is 1. The van der Waals surface area contributed by atoms with Crippen molar-refractivity contribution in [3.05, 3.63) is 167 Å². The maximum atomic E-state index is 13.8. The summed E-state index contributed by atoms with van der Waals surface area (Å²) in [5, 5.41) is 4.25. The summed E-state index contributed by atoms with van der Waals surface area (Å²) < 4.78 is 6.42. The highest BCUT2D eigenvalue weighted by Crippen LogP contribution is 2.37. The third kappa shape index (κ3) is 4.90. The van der Waals surface area contributed by atoms with Crippen LogP contribution in [0.3, 0.4) is 0 Å². The van der Waals surface area contributed by atoms with E-state index in [9.17, 15) is 9.59 Å². The Kier molecular flexibility index (Phi) is 6.95. The fourth-order valence-electron chi connectivity index (χ4n) is 5.31. The molecule has 6 aromatic carbocycles. The summed E-state index contributed by atoms with van der Waals surface area (Å²) in [5.41, 5.74) is 3.76. The molecule has 0 aliphatic rings. The zero-order valence-electron chi connectivity index (χ0n) is 22.2. The van der Waals surface area contributed by atoms with Gasteiger partial charge < -0.3 is 4.74 Å². The van der Waals surface area contributed by atoms with Crippen LogP contribution in [0.1, 0.15) is 51.6 Å². The van der Waals surface area contributed by atoms with E-state index in [-0.39, 0.29) is 11.8 Å². The van der Waals surface area contributed by atoms with Gasteiger partial charge in [0, 0.05) is 22.3 Å². The Balaban J connectivity index is 1.38. The molecule has 0 spiro atoms. The summed E-state index contributed by atoms with van der Waals surface area (Å²) in [6.45, 7) is 1.83. The van der Waals surface area contributed by atoms with Crippen molar-refractivity contribution < 1.29 is 14.3 Å². The smallest absolute Gasteiger partial charge is 0.314 e. The second kappa shape index (κ2) is 11.0. The average molecular weight is 521 g/mol. The van der Waals surface area contributed by atoms with Gasteiger partial charge in [-0.05, 0) is 40.1 Å². The Morgan fingerprint density at radius 2 is 1.05 bits per heavy atom. The molecule has 0 aliphatic heterocycles. The normalized spacial score (nSPS) is 11.9. The minimum Gasteiger partial charge on any atom is -0.452 e. The van der Waals surface area contributed by atoms with Gasteiger partial charge in [0.25, 0.3) is 0 Å². The van der Waals surface area contributed by atoms with E-state index in [4.69, 9.17) is 4.74 Å². The van der Waals surface area contributed by atoms with Gasteiger partial charge in [0.1, 0.15) is 0 Å². The van der Waals surface area contributed by atoms with Gasteiger partial charge in [0.2, 0.25) is 0 Å². The summed E-state index contributed by atoms with van der Waals surface area (Å²) in [5.74, 6) is -1.00. The SMILES string of the molecule is C[C@H](C(=O)OC(c1cccc2ccccc12)c1cccc2ccccc12)c1cccc(C(=O)c2ccccc2)c1. The summed E-state index contributed by atoms with van der Waals surface area (Å²) in [6, 6.07) is 45.0. The Bertz CT molecular complexity index is 1750. The molecule has 6 aromatic rings. The first-order valence-electron chi connectivity index (χ1n) is 13.5. The van der Waals surface area contributed by atoms with E-state index < -0.39 is 12.0 Å². The quantitative estimate of drug-likeness (QED) is 0.156. The third-order valence-electron chi connectivity index (χ3n) is 7.48. The lowest BCUT2D eigenvalue weighted by molar-refractivity contribution is -0.148. The molecule has 0 aliphatic carbocycles. The number of benzene rings is 6. The Labute approximate surface area is 233 Å². The van der Waals surface area contributed by atoms with E-state index >= 15 is 0 Å². The average Bonchev–Trinajstić information content (AvgIpc) is 3.03. The molecule has 0 fully saturated rings. The molecule has 0 saturated heterocycles. The molecular formula is C37H28O3. The van der Waals surface area contributed by atoms with Gasteiger partial charge in [0.15, 0.2) is 11.9 Å². The van der Waals surface area contributed by atoms with Crippen molar-refractivity contribution in [2.75, 3.05) is 0 Å². The van der Waals surface area contributed by atoms with Gasteiger partial charge in [0.05, 0.1) is 5.92 Å². The maximum Gasteiger partial charge on any atom is 0.314 e. The van der Waals surface area contributed by atoms with Crippen LogP contribution in [0.2, 0.25) is 0 Å². The molecule has 3 heteroatoms. The number of ether oxygens (including phenoxy) is 1. The number of hydrogen-bond donors (Lipinski definition) is 0. The van der Waals surface area contributed by atoms with Crippen LogP contribution in [0, 0.1) is 0 Å². The first-order chi connectivity index (χ1) is 19.6. The van der Waals surface area contributed by atoms with E-state index in [0.29, 0.717) is 11.1 Å². The maximum absolute atomic E-state index is 13.8. The highest BCUT2D eigenvalue weighted by Gasteiger charge is 2.27. The molecule has 194 valence electrons. The molecule has 0 heterocycles. The van der Waals surface area contributed by atoms with Crippen molar-refractivity contribution >= 4 is 33.3 Å². The standard InChI is InChI=1S/C37H28O3/c1-25(29-18-9-19-30(24-29)35(38)28-14-3-2-4-15-28)37(39)40-36(33-22-10-16-26-12-5-7-20-31(26)33)34-23-11-17-27-13-6-8-21-32(27)34/h2-25,36H,1H3/t25-/m0/s1. The van der Waals surface area contributed by atoms with Gasteiger partial charge >= 0.3 is 5.97 Å². The molecule has 0 amide bonds. The van der Waals surface area contributed by atoms with Gasteiger partial charge in [-0.1, -0.05) is 133 Å².